The Balaban J connectivity index is 2.19. The van der Waals surface area contributed by atoms with Gasteiger partial charge in [0.2, 0.25) is 0 Å². The summed E-state index contributed by atoms with van der Waals surface area (Å²) >= 11 is 5.19. The molecule has 0 spiro atoms. The molecule has 2 aromatic rings. The highest BCUT2D eigenvalue weighted by Gasteiger charge is 2.12. The summed E-state index contributed by atoms with van der Waals surface area (Å²) < 4.78 is 1.97. The summed E-state index contributed by atoms with van der Waals surface area (Å²) in [7, 11) is 0. The second-order valence-corrected chi connectivity index (χ2v) is 5.02. The van der Waals surface area contributed by atoms with Crippen molar-refractivity contribution in [2.75, 3.05) is 6.54 Å². The lowest BCUT2D eigenvalue weighted by Gasteiger charge is -2.09. The molecule has 0 aliphatic carbocycles. The molecule has 0 saturated heterocycles. The van der Waals surface area contributed by atoms with Gasteiger partial charge in [-0.15, -0.1) is 0 Å². The SMILES string of the molecule is CCNC(=S)NCc1c(C)nn(-c2ccccc2)c1C. The second-order valence-electron chi connectivity index (χ2n) is 4.61. The molecule has 5 heteroatoms. The van der Waals surface area contributed by atoms with Crippen molar-refractivity contribution in [1.29, 1.82) is 0 Å². The van der Waals surface area contributed by atoms with E-state index in [1.54, 1.807) is 0 Å². The topological polar surface area (TPSA) is 41.9 Å². The fraction of sp³-hybridized carbons (Fsp3) is 0.333. The van der Waals surface area contributed by atoms with Crippen LogP contribution in [0, 0.1) is 13.8 Å². The van der Waals surface area contributed by atoms with Crippen molar-refractivity contribution >= 4 is 17.3 Å². The van der Waals surface area contributed by atoms with E-state index in [9.17, 15) is 0 Å². The minimum Gasteiger partial charge on any atom is -0.363 e. The second kappa shape index (κ2) is 6.52. The van der Waals surface area contributed by atoms with Crippen LogP contribution in [0.25, 0.3) is 5.69 Å². The van der Waals surface area contributed by atoms with E-state index in [4.69, 9.17) is 12.2 Å². The molecule has 0 radical (unpaired) electrons. The Labute approximate surface area is 125 Å². The van der Waals surface area contributed by atoms with Gasteiger partial charge >= 0.3 is 0 Å². The molecule has 0 aliphatic rings. The van der Waals surface area contributed by atoms with Gasteiger partial charge in [-0.05, 0) is 45.1 Å². The Hall–Kier alpha value is -1.88. The van der Waals surface area contributed by atoms with Crippen molar-refractivity contribution in [3.8, 4) is 5.69 Å². The highest BCUT2D eigenvalue weighted by Crippen LogP contribution is 2.17. The van der Waals surface area contributed by atoms with E-state index in [0.29, 0.717) is 11.7 Å². The molecule has 1 aromatic carbocycles. The molecular formula is C15H20N4S. The fourth-order valence-electron chi connectivity index (χ4n) is 2.14. The van der Waals surface area contributed by atoms with E-state index in [1.807, 2.05) is 36.7 Å². The predicted molar refractivity (Wildman–Crippen MR) is 86.2 cm³/mol. The first kappa shape index (κ1) is 14.5. The molecule has 2 rings (SSSR count). The van der Waals surface area contributed by atoms with Gasteiger partial charge in [-0.1, -0.05) is 18.2 Å². The molecule has 4 nitrogen and oxygen atoms in total. The van der Waals surface area contributed by atoms with Crippen LogP contribution in [0.15, 0.2) is 30.3 Å². The van der Waals surface area contributed by atoms with Gasteiger partial charge < -0.3 is 10.6 Å². The van der Waals surface area contributed by atoms with E-state index >= 15 is 0 Å². The maximum atomic E-state index is 5.19. The maximum absolute atomic E-state index is 5.19. The molecule has 106 valence electrons. The third-order valence-electron chi connectivity index (χ3n) is 3.20. The summed E-state index contributed by atoms with van der Waals surface area (Å²) in [5, 5.41) is 11.6. The molecule has 1 aromatic heterocycles. The first-order chi connectivity index (χ1) is 9.63. The number of hydrogen-bond donors (Lipinski definition) is 2. The molecule has 0 bridgehead atoms. The van der Waals surface area contributed by atoms with Gasteiger partial charge in [0.25, 0.3) is 0 Å². The molecule has 2 N–H and O–H groups in total. The smallest absolute Gasteiger partial charge is 0.166 e. The molecule has 1 heterocycles. The van der Waals surface area contributed by atoms with Crippen LogP contribution < -0.4 is 10.6 Å². The number of thiocarbonyl (C=S) groups is 1. The highest BCUT2D eigenvalue weighted by molar-refractivity contribution is 7.80. The van der Waals surface area contributed by atoms with Gasteiger partial charge in [0.1, 0.15) is 0 Å². The van der Waals surface area contributed by atoms with Crippen LogP contribution in [0.2, 0.25) is 0 Å². The van der Waals surface area contributed by atoms with Crippen LogP contribution in [0.5, 0.6) is 0 Å². The minimum absolute atomic E-state index is 0.679. The molecular weight excluding hydrogens is 268 g/mol. The number of aryl methyl sites for hydroxylation is 1. The van der Waals surface area contributed by atoms with Gasteiger partial charge in [-0.2, -0.15) is 5.10 Å². The highest BCUT2D eigenvalue weighted by atomic mass is 32.1. The third kappa shape index (κ3) is 3.17. The number of nitrogens with one attached hydrogen (secondary N) is 2. The average Bonchev–Trinajstić information content (AvgIpc) is 2.73. The normalized spacial score (nSPS) is 10.3. The van der Waals surface area contributed by atoms with Crippen LogP contribution >= 0.6 is 12.2 Å². The molecule has 0 saturated carbocycles. The fourth-order valence-corrected chi connectivity index (χ4v) is 2.36. The first-order valence-electron chi connectivity index (χ1n) is 6.75. The van der Waals surface area contributed by atoms with Crippen molar-refractivity contribution in [3.05, 3.63) is 47.3 Å². The molecule has 0 aliphatic heterocycles. The minimum atomic E-state index is 0.679. The summed E-state index contributed by atoms with van der Waals surface area (Å²) in [4.78, 5) is 0. The van der Waals surface area contributed by atoms with Crippen molar-refractivity contribution < 1.29 is 0 Å². The van der Waals surface area contributed by atoms with Gasteiger partial charge in [0.05, 0.1) is 11.4 Å². The molecule has 0 unspecified atom stereocenters. The van der Waals surface area contributed by atoms with Crippen molar-refractivity contribution in [2.45, 2.75) is 27.3 Å². The summed E-state index contributed by atoms with van der Waals surface area (Å²) in [6.07, 6.45) is 0. The van der Waals surface area contributed by atoms with Crippen LogP contribution in [0.1, 0.15) is 23.9 Å². The van der Waals surface area contributed by atoms with Gasteiger partial charge in [-0.3, -0.25) is 0 Å². The lowest BCUT2D eigenvalue weighted by molar-refractivity contribution is 0.826. The maximum Gasteiger partial charge on any atom is 0.166 e. The number of rotatable bonds is 4. The third-order valence-corrected chi connectivity index (χ3v) is 3.49. The van der Waals surface area contributed by atoms with Crippen LogP contribution in [0.3, 0.4) is 0 Å². The van der Waals surface area contributed by atoms with E-state index in [1.165, 1.54) is 5.56 Å². The number of nitrogens with zero attached hydrogens (tertiary/aromatic N) is 2. The zero-order chi connectivity index (χ0) is 14.5. The first-order valence-corrected chi connectivity index (χ1v) is 7.16. The molecule has 0 amide bonds. The van der Waals surface area contributed by atoms with Crippen LogP contribution in [-0.4, -0.2) is 21.4 Å². The predicted octanol–water partition coefficient (Wildman–Crippen LogP) is 2.47. The lowest BCUT2D eigenvalue weighted by Crippen LogP contribution is -2.34. The van der Waals surface area contributed by atoms with Crippen molar-refractivity contribution in [1.82, 2.24) is 20.4 Å². The largest absolute Gasteiger partial charge is 0.363 e. The monoisotopic (exact) mass is 288 g/mol. The summed E-state index contributed by atoms with van der Waals surface area (Å²) in [5.74, 6) is 0. The van der Waals surface area contributed by atoms with E-state index in [0.717, 1.165) is 23.6 Å². The zero-order valence-electron chi connectivity index (χ0n) is 12.1. The van der Waals surface area contributed by atoms with E-state index < -0.39 is 0 Å². The van der Waals surface area contributed by atoms with E-state index in [-0.39, 0.29) is 0 Å². The Bertz CT molecular complexity index is 589. The number of benzene rings is 1. The summed E-state index contributed by atoms with van der Waals surface area (Å²) in [6, 6.07) is 10.2. The Morgan fingerprint density at radius 1 is 1.20 bits per heavy atom. The Kier molecular flexibility index (Phi) is 4.74. The quantitative estimate of drug-likeness (QED) is 0.848. The van der Waals surface area contributed by atoms with Crippen LogP contribution in [-0.2, 0) is 6.54 Å². The van der Waals surface area contributed by atoms with E-state index in [2.05, 4.69) is 34.8 Å². The van der Waals surface area contributed by atoms with Gasteiger partial charge in [-0.25, -0.2) is 4.68 Å². The Morgan fingerprint density at radius 2 is 1.90 bits per heavy atom. The number of hydrogen-bond acceptors (Lipinski definition) is 2. The zero-order valence-corrected chi connectivity index (χ0v) is 12.9. The number of para-hydroxylation sites is 1. The Morgan fingerprint density at radius 3 is 2.55 bits per heavy atom. The lowest BCUT2D eigenvalue weighted by atomic mass is 10.2. The van der Waals surface area contributed by atoms with Gasteiger partial charge in [0.15, 0.2) is 5.11 Å². The van der Waals surface area contributed by atoms with Crippen molar-refractivity contribution in [3.63, 3.8) is 0 Å². The van der Waals surface area contributed by atoms with Crippen molar-refractivity contribution in [2.24, 2.45) is 0 Å². The summed E-state index contributed by atoms with van der Waals surface area (Å²) in [5.41, 5.74) is 4.43. The standard InChI is InChI=1S/C15H20N4S/c1-4-16-15(20)17-10-14-11(2)18-19(12(14)3)13-8-6-5-7-9-13/h5-9H,4,10H2,1-3H3,(H2,16,17,20). The molecule has 0 fully saturated rings. The van der Waals surface area contributed by atoms with Gasteiger partial charge in [0, 0.05) is 24.3 Å². The van der Waals surface area contributed by atoms with Crippen LogP contribution in [0.4, 0.5) is 0 Å². The molecule has 0 atom stereocenters. The average molecular weight is 288 g/mol. The summed E-state index contributed by atoms with van der Waals surface area (Å²) in [6.45, 7) is 7.65. The molecule has 20 heavy (non-hydrogen) atoms. The number of aromatic nitrogens is 2.